The summed E-state index contributed by atoms with van der Waals surface area (Å²) in [6.45, 7) is -0.750. The highest BCUT2D eigenvalue weighted by Gasteiger charge is 2.24. The van der Waals surface area contributed by atoms with Crippen LogP contribution in [-0.4, -0.2) is 15.0 Å². The summed E-state index contributed by atoms with van der Waals surface area (Å²) in [7, 11) is 0. The first kappa shape index (κ1) is 11.2. The Morgan fingerprint density at radius 1 is 1.60 bits per heavy atom. The second kappa shape index (κ2) is 4.13. The zero-order chi connectivity index (χ0) is 11.6. The van der Waals surface area contributed by atoms with Crippen LogP contribution in [0.2, 0.25) is 0 Å². The average molecular weight is 220 g/mol. The maximum atomic E-state index is 12.3. The molecule has 6 nitrogen and oxygen atoms in total. The van der Waals surface area contributed by atoms with E-state index in [1.165, 1.54) is 0 Å². The van der Waals surface area contributed by atoms with Crippen molar-refractivity contribution >= 4 is 5.69 Å². The molecule has 0 aliphatic heterocycles. The molecule has 15 heavy (non-hydrogen) atoms. The van der Waals surface area contributed by atoms with Gasteiger partial charge in [0.05, 0.1) is 11.5 Å². The molecule has 1 heterocycles. The SMILES string of the molecule is O=c1[nH]c(C(F)F)c([N+](=O)[O-])cc1CO. The lowest BCUT2D eigenvalue weighted by molar-refractivity contribution is -0.386. The molecule has 0 aromatic carbocycles. The maximum absolute atomic E-state index is 12.3. The van der Waals surface area contributed by atoms with Crippen molar-refractivity contribution in [1.82, 2.24) is 4.98 Å². The van der Waals surface area contributed by atoms with Crippen LogP contribution in [0.5, 0.6) is 0 Å². The topological polar surface area (TPSA) is 96.2 Å². The van der Waals surface area contributed by atoms with Crippen LogP contribution in [0.1, 0.15) is 17.7 Å². The minimum absolute atomic E-state index is 0.328. The molecular formula is C7H6F2N2O4. The monoisotopic (exact) mass is 220 g/mol. The molecule has 0 amide bonds. The number of aliphatic hydroxyl groups is 1. The summed E-state index contributed by atoms with van der Waals surface area (Å²) < 4.78 is 24.5. The predicted molar refractivity (Wildman–Crippen MR) is 44.6 cm³/mol. The number of rotatable bonds is 3. The van der Waals surface area contributed by atoms with Crippen LogP contribution < -0.4 is 5.56 Å². The first-order valence-electron chi connectivity index (χ1n) is 3.77. The zero-order valence-electron chi connectivity index (χ0n) is 7.24. The number of aromatic nitrogens is 1. The Morgan fingerprint density at radius 3 is 2.60 bits per heavy atom. The van der Waals surface area contributed by atoms with Crippen molar-refractivity contribution in [3.63, 3.8) is 0 Å². The minimum Gasteiger partial charge on any atom is -0.391 e. The van der Waals surface area contributed by atoms with Crippen LogP contribution in [0.3, 0.4) is 0 Å². The summed E-state index contributed by atoms with van der Waals surface area (Å²) in [6, 6.07) is 0.639. The quantitative estimate of drug-likeness (QED) is 0.579. The fourth-order valence-corrected chi connectivity index (χ4v) is 1.01. The molecule has 1 aromatic heterocycles. The first-order valence-corrected chi connectivity index (χ1v) is 3.77. The Balaban J connectivity index is 3.46. The van der Waals surface area contributed by atoms with Gasteiger partial charge in [-0.1, -0.05) is 0 Å². The normalized spacial score (nSPS) is 10.7. The van der Waals surface area contributed by atoms with Crippen LogP contribution in [0.25, 0.3) is 0 Å². The molecule has 1 rings (SSSR count). The summed E-state index contributed by atoms with van der Waals surface area (Å²) in [5.41, 5.74) is -3.25. The molecule has 8 heteroatoms. The van der Waals surface area contributed by atoms with Gasteiger partial charge in [-0.2, -0.15) is 0 Å². The molecule has 0 fully saturated rings. The molecule has 2 N–H and O–H groups in total. The summed E-state index contributed by atoms with van der Waals surface area (Å²) >= 11 is 0. The number of aliphatic hydroxyl groups excluding tert-OH is 1. The van der Waals surface area contributed by atoms with Gasteiger partial charge in [0.2, 0.25) is 0 Å². The molecule has 82 valence electrons. The predicted octanol–water partition coefficient (Wildman–Crippen LogP) is 0.713. The summed E-state index contributed by atoms with van der Waals surface area (Å²) in [6.07, 6.45) is -3.15. The van der Waals surface area contributed by atoms with Crippen molar-refractivity contribution in [3.8, 4) is 0 Å². The summed E-state index contributed by atoms with van der Waals surface area (Å²) in [5.74, 6) is 0. The number of nitrogens with one attached hydrogen (secondary N) is 1. The van der Waals surface area contributed by atoms with Crippen LogP contribution in [0.4, 0.5) is 14.5 Å². The highest BCUT2D eigenvalue weighted by atomic mass is 19.3. The van der Waals surface area contributed by atoms with Gasteiger partial charge in [-0.25, -0.2) is 8.78 Å². The minimum atomic E-state index is -3.15. The Morgan fingerprint density at radius 2 is 2.20 bits per heavy atom. The fraction of sp³-hybridized carbons (Fsp3) is 0.286. The number of hydrogen-bond acceptors (Lipinski definition) is 4. The molecule has 0 saturated heterocycles. The summed E-state index contributed by atoms with van der Waals surface area (Å²) in [5, 5.41) is 19.0. The van der Waals surface area contributed by atoms with E-state index in [2.05, 4.69) is 0 Å². The lowest BCUT2D eigenvalue weighted by atomic mass is 10.2. The molecule has 0 bridgehead atoms. The number of hydrogen-bond donors (Lipinski definition) is 2. The standard InChI is InChI=1S/C7H6F2N2O4/c8-6(9)5-4(11(14)15)1-3(2-12)7(13)10-5/h1,6,12H,2H2,(H,10,13). The molecule has 0 unspecified atom stereocenters. The van der Waals surface area contributed by atoms with Crippen molar-refractivity contribution in [2.75, 3.05) is 0 Å². The maximum Gasteiger partial charge on any atom is 0.295 e. The van der Waals surface area contributed by atoms with Gasteiger partial charge in [0.15, 0.2) is 5.69 Å². The van der Waals surface area contributed by atoms with Crippen LogP contribution >= 0.6 is 0 Å². The molecule has 0 spiro atoms. The fourth-order valence-electron chi connectivity index (χ4n) is 1.01. The third kappa shape index (κ3) is 2.15. The smallest absolute Gasteiger partial charge is 0.295 e. The van der Waals surface area contributed by atoms with Crippen molar-refractivity contribution < 1.29 is 18.8 Å². The Kier molecular flexibility index (Phi) is 3.10. The van der Waals surface area contributed by atoms with Gasteiger partial charge in [0.25, 0.3) is 17.7 Å². The number of nitro groups is 1. The molecule has 1 aromatic rings. The Bertz CT molecular complexity index is 443. The van der Waals surface area contributed by atoms with Crippen LogP contribution in [0.15, 0.2) is 10.9 Å². The van der Waals surface area contributed by atoms with E-state index in [-0.39, 0.29) is 5.56 Å². The Hall–Kier alpha value is -1.83. The highest BCUT2D eigenvalue weighted by Crippen LogP contribution is 2.25. The lowest BCUT2D eigenvalue weighted by Crippen LogP contribution is -2.16. The van der Waals surface area contributed by atoms with Gasteiger partial charge < -0.3 is 10.1 Å². The zero-order valence-corrected chi connectivity index (χ0v) is 7.24. The van der Waals surface area contributed by atoms with E-state index < -0.39 is 34.9 Å². The second-order valence-electron chi connectivity index (χ2n) is 2.64. The average Bonchev–Trinajstić information content (AvgIpc) is 2.16. The van der Waals surface area contributed by atoms with Gasteiger partial charge >= 0.3 is 0 Å². The third-order valence-corrected chi connectivity index (χ3v) is 1.71. The van der Waals surface area contributed by atoms with Gasteiger partial charge in [-0.15, -0.1) is 0 Å². The molecule has 0 aliphatic rings. The largest absolute Gasteiger partial charge is 0.391 e. The highest BCUT2D eigenvalue weighted by molar-refractivity contribution is 5.38. The van der Waals surface area contributed by atoms with E-state index in [0.29, 0.717) is 6.07 Å². The van der Waals surface area contributed by atoms with Gasteiger partial charge in [-0.05, 0) is 0 Å². The van der Waals surface area contributed by atoms with Crippen molar-refractivity contribution in [1.29, 1.82) is 0 Å². The summed E-state index contributed by atoms with van der Waals surface area (Å²) in [4.78, 5) is 22.0. The lowest BCUT2D eigenvalue weighted by Gasteiger charge is -2.02. The number of alkyl halides is 2. The van der Waals surface area contributed by atoms with Crippen molar-refractivity contribution in [2.24, 2.45) is 0 Å². The van der Waals surface area contributed by atoms with Crippen molar-refractivity contribution in [3.05, 3.63) is 37.8 Å². The van der Waals surface area contributed by atoms with E-state index in [1.54, 1.807) is 4.98 Å². The van der Waals surface area contributed by atoms with Crippen LogP contribution in [-0.2, 0) is 6.61 Å². The number of nitrogens with zero attached hydrogens (tertiary/aromatic N) is 1. The number of pyridine rings is 1. The molecular weight excluding hydrogens is 214 g/mol. The second-order valence-corrected chi connectivity index (χ2v) is 2.64. The van der Waals surface area contributed by atoms with E-state index in [0.717, 1.165) is 0 Å². The van der Waals surface area contributed by atoms with E-state index >= 15 is 0 Å². The molecule has 0 saturated carbocycles. The van der Waals surface area contributed by atoms with Gasteiger partial charge in [-0.3, -0.25) is 14.9 Å². The molecule has 0 radical (unpaired) electrons. The number of H-pyrrole nitrogens is 1. The molecule has 0 aliphatic carbocycles. The molecule has 0 atom stereocenters. The van der Waals surface area contributed by atoms with Gasteiger partial charge in [0, 0.05) is 11.6 Å². The van der Waals surface area contributed by atoms with Crippen molar-refractivity contribution in [2.45, 2.75) is 13.0 Å². The van der Waals surface area contributed by atoms with E-state index in [9.17, 15) is 23.7 Å². The van der Waals surface area contributed by atoms with Crippen LogP contribution in [0, 0.1) is 10.1 Å². The third-order valence-electron chi connectivity index (χ3n) is 1.71. The van der Waals surface area contributed by atoms with Gasteiger partial charge in [0.1, 0.15) is 0 Å². The number of halogens is 2. The van der Waals surface area contributed by atoms with E-state index in [4.69, 9.17) is 5.11 Å². The van der Waals surface area contributed by atoms with E-state index in [1.807, 2.05) is 0 Å². The number of aromatic amines is 1. The Labute approximate surface area is 81.3 Å². The first-order chi connectivity index (χ1) is 6.97.